The van der Waals surface area contributed by atoms with E-state index in [0.29, 0.717) is 0 Å². The van der Waals surface area contributed by atoms with Gasteiger partial charge in [0.2, 0.25) is 0 Å². The molecule has 0 aliphatic heterocycles. The third-order valence-corrected chi connectivity index (χ3v) is 8.52. The number of benzene rings is 7. The van der Waals surface area contributed by atoms with Crippen molar-refractivity contribution in [1.29, 1.82) is 0 Å². The monoisotopic (exact) mass is 589 g/mol. The molecule has 1 heterocycles. The van der Waals surface area contributed by atoms with Crippen molar-refractivity contribution in [2.75, 3.05) is 4.90 Å². The summed E-state index contributed by atoms with van der Waals surface area (Å²) in [5, 5.41) is 1.11. The zero-order valence-electron chi connectivity index (χ0n) is 25.3. The first-order valence-corrected chi connectivity index (χ1v) is 15.6. The Morgan fingerprint density at radius 2 is 0.848 bits per heavy atom. The van der Waals surface area contributed by atoms with Crippen LogP contribution in [0.1, 0.15) is 0 Å². The molecule has 1 aromatic heterocycles. The van der Waals surface area contributed by atoms with Crippen LogP contribution in [-0.4, -0.2) is 0 Å². The van der Waals surface area contributed by atoms with Crippen molar-refractivity contribution in [3.63, 3.8) is 0 Å². The van der Waals surface area contributed by atoms with Gasteiger partial charge in [-0.1, -0.05) is 146 Å². The van der Waals surface area contributed by atoms with Gasteiger partial charge in [0.15, 0.2) is 0 Å². The standard InChI is InChI=1S/C44H31NO/c1-3-13-34(14-4-1)40-19-10-11-21-42(40)45(37-16-5-2-6-17-37)38-29-27-33(28-30-38)32-23-25-35(26-24-32)39-18-8-9-20-41(39)44-31-36-15-7-12-22-43(36)46-44/h1-31H. The highest BCUT2D eigenvalue weighted by Crippen LogP contribution is 2.41. The van der Waals surface area contributed by atoms with Crippen molar-refractivity contribution in [3.8, 4) is 44.7 Å². The van der Waals surface area contributed by atoms with Crippen LogP contribution in [-0.2, 0) is 0 Å². The molecule has 7 aromatic carbocycles. The average Bonchev–Trinajstić information content (AvgIpc) is 3.58. The third kappa shape index (κ3) is 5.27. The minimum Gasteiger partial charge on any atom is -0.456 e. The molecule has 46 heavy (non-hydrogen) atoms. The molecule has 2 nitrogen and oxygen atoms in total. The summed E-state index contributed by atoms with van der Waals surface area (Å²) >= 11 is 0. The number of hydrogen-bond acceptors (Lipinski definition) is 2. The molecule has 0 saturated heterocycles. The van der Waals surface area contributed by atoms with E-state index >= 15 is 0 Å². The molecule has 0 fully saturated rings. The van der Waals surface area contributed by atoms with E-state index in [1.54, 1.807) is 0 Å². The number of anilines is 3. The Bertz CT molecular complexity index is 2200. The average molecular weight is 590 g/mol. The lowest BCUT2D eigenvalue weighted by molar-refractivity contribution is 0.632. The molecule has 0 aliphatic rings. The fraction of sp³-hybridized carbons (Fsp3) is 0. The topological polar surface area (TPSA) is 16.4 Å². The van der Waals surface area contributed by atoms with Crippen molar-refractivity contribution in [3.05, 3.63) is 188 Å². The van der Waals surface area contributed by atoms with E-state index in [9.17, 15) is 0 Å². The summed E-state index contributed by atoms with van der Waals surface area (Å²) in [6.07, 6.45) is 0. The molecule has 8 rings (SSSR count). The molecule has 218 valence electrons. The molecule has 8 aromatic rings. The predicted octanol–water partition coefficient (Wildman–Crippen LogP) is 12.6. The molecule has 0 unspecified atom stereocenters. The Kier molecular flexibility index (Phi) is 7.22. The van der Waals surface area contributed by atoms with Gasteiger partial charge in [-0.3, -0.25) is 0 Å². The SMILES string of the molecule is c1ccc(-c2ccccc2N(c2ccccc2)c2ccc(-c3ccc(-c4ccccc4-c4cc5ccccc5o4)cc3)cc2)cc1. The number of fused-ring (bicyclic) bond motifs is 1. The van der Waals surface area contributed by atoms with Gasteiger partial charge < -0.3 is 9.32 Å². The van der Waals surface area contributed by atoms with Crippen LogP contribution in [0, 0.1) is 0 Å². The zero-order chi connectivity index (χ0) is 30.7. The Morgan fingerprint density at radius 3 is 1.57 bits per heavy atom. The maximum absolute atomic E-state index is 6.23. The molecular formula is C44H31NO. The lowest BCUT2D eigenvalue weighted by atomic mass is 9.95. The second-order valence-corrected chi connectivity index (χ2v) is 11.4. The normalized spacial score (nSPS) is 11.0. The molecular weight excluding hydrogens is 558 g/mol. The van der Waals surface area contributed by atoms with Crippen molar-refractivity contribution in [2.24, 2.45) is 0 Å². The fourth-order valence-electron chi connectivity index (χ4n) is 6.24. The molecule has 0 saturated carbocycles. The minimum absolute atomic E-state index is 0.883. The van der Waals surface area contributed by atoms with Crippen LogP contribution >= 0.6 is 0 Å². The lowest BCUT2D eigenvalue weighted by Crippen LogP contribution is -2.11. The van der Waals surface area contributed by atoms with E-state index in [-0.39, 0.29) is 0 Å². The molecule has 0 aliphatic carbocycles. The number of para-hydroxylation sites is 3. The fourth-order valence-corrected chi connectivity index (χ4v) is 6.24. The quantitative estimate of drug-likeness (QED) is 0.184. The predicted molar refractivity (Wildman–Crippen MR) is 193 cm³/mol. The van der Waals surface area contributed by atoms with Gasteiger partial charge in [0.05, 0.1) is 5.69 Å². The molecule has 0 atom stereocenters. The summed E-state index contributed by atoms with van der Waals surface area (Å²) in [5.41, 5.74) is 12.4. The molecule has 0 radical (unpaired) electrons. The maximum atomic E-state index is 6.23. The van der Waals surface area contributed by atoms with Gasteiger partial charge in [-0.05, 0) is 70.3 Å². The van der Waals surface area contributed by atoms with Crippen LogP contribution in [0.3, 0.4) is 0 Å². The summed E-state index contributed by atoms with van der Waals surface area (Å²) < 4.78 is 6.23. The maximum Gasteiger partial charge on any atom is 0.136 e. The first-order valence-electron chi connectivity index (χ1n) is 15.6. The minimum atomic E-state index is 0.883. The van der Waals surface area contributed by atoms with Gasteiger partial charge in [-0.2, -0.15) is 0 Å². The second kappa shape index (κ2) is 12.1. The van der Waals surface area contributed by atoms with Crippen molar-refractivity contribution in [1.82, 2.24) is 0 Å². The van der Waals surface area contributed by atoms with E-state index < -0.39 is 0 Å². The summed E-state index contributed by atoms with van der Waals surface area (Å²) in [4.78, 5) is 2.34. The number of furan rings is 1. The van der Waals surface area contributed by atoms with Gasteiger partial charge >= 0.3 is 0 Å². The molecule has 0 N–H and O–H groups in total. The summed E-state index contributed by atoms with van der Waals surface area (Å²) in [6.45, 7) is 0. The van der Waals surface area contributed by atoms with E-state index in [1.165, 1.54) is 22.3 Å². The Balaban J connectivity index is 1.12. The summed E-state index contributed by atoms with van der Waals surface area (Å²) in [5.74, 6) is 0.883. The third-order valence-electron chi connectivity index (χ3n) is 8.52. The second-order valence-electron chi connectivity index (χ2n) is 11.4. The van der Waals surface area contributed by atoms with Crippen molar-refractivity contribution in [2.45, 2.75) is 0 Å². The van der Waals surface area contributed by atoms with E-state index in [0.717, 1.165) is 50.5 Å². The zero-order valence-corrected chi connectivity index (χ0v) is 25.3. The highest BCUT2D eigenvalue weighted by molar-refractivity contribution is 5.90. The van der Waals surface area contributed by atoms with Crippen LogP contribution in [0.15, 0.2) is 192 Å². The molecule has 0 amide bonds. The lowest BCUT2D eigenvalue weighted by Gasteiger charge is -2.28. The summed E-state index contributed by atoms with van der Waals surface area (Å²) in [6, 6.07) is 66.2. The van der Waals surface area contributed by atoms with E-state index in [4.69, 9.17) is 4.42 Å². The Morgan fingerprint density at radius 1 is 0.348 bits per heavy atom. The number of hydrogen-bond donors (Lipinski definition) is 0. The van der Waals surface area contributed by atoms with E-state index in [1.807, 2.05) is 18.2 Å². The van der Waals surface area contributed by atoms with Gasteiger partial charge in [0.1, 0.15) is 11.3 Å². The Hall–Kier alpha value is -6.12. The smallest absolute Gasteiger partial charge is 0.136 e. The van der Waals surface area contributed by atoms with Crippen molar-refractivity contribution < 1.29 is 4.42 Å². The van der Waals surface area contributed by atoms with Crippen LogP contribution in [0.25, 0.3) is 55.7 Å². The van der Waals surface area contributed by atoms with Crippen LogP contribution in [0.2, 0.25) is 0 Å². The summed E-state index contributed by atoms with van der Waals surface area (Å²) in [7, 11) is 0. The van der Waals surface area contributed by atoms with Gasteiger partial charge in [-0.15, -0.1) is 0 Å². The van der Waals surface area contributed by atoms with Crippen LogP contribution in [0.5, 0.6) is 0 Å². The van der Waals surface area contributed by atoms with Crippen LogP contribution in [0.4, 0.5) is 17.1 Å². The highest BCUT2D eigenvalue weighted by atomic mass is 16.3. The van der Waals surface area contributed by atoms with Crippen molar-refractivity contribution >= 4 is 28.0 Å². The highest BCUT2D eigenvalue weighted by Gasteiger charge is 2.17. The first-order chi connectivity index (χ1) is 22.8. The van der Waals surface area contributed by atoms with Gasteiger partial charge in [0.25, 0.3) is 0 Å². The van der Waals surface area contributed by atoms with Gasteiger partial charge in [0, 0.05) is 27.9 Å². The van der Waals surface area contributed by atoms with E-state index in [2.05, 4.69) is 175 Å². The van der Waals surface area contributed by atoms with Crippen LogP contribution < -0.4 is 4.90 Å². The molecule has 2 heteroatoms. The molecule has 0 spiro atoms. The Labute approximate surface area is 269 Å². The van der Waals surface area contributed by atoms with Gasteiger partial charge in [-0.25, -0.2) is 0 Å². The first kappa shape index (κ1) is 27.4. The molecule has 0 bridgehead atoms. The largest absolute Gasteiger partial charge is 0.456 e. The number of nitrogens with zero attached hydrogens (tertiary/aromatic N) is 1. The number of rotatable bonds is 7.